The molecule has 10 heteroatoms. The summed E-state index contributed by atoms with van der Waals surface area (Å²) < 4.78 is 0. The lowest BCUT2D eigenvalue weighted by Crippen LogP contribution is -2.57. The van der Waals surface area contributed by atoms with E-state index in [1.165, 1.54) is 12.2 Å². The third-order valence-electron chi connectivity index (χ3n) is 5.87. The van der Waals surface area contributed by atoms with E-state index in [2.05, 4.69) is 16.0 Å². The Morgan fingerprint density at radius 1 is 1.11 bits per heavy atom. The van der Waals surface area contributed by atoms with Gasteiger partial charge in [0, 0.05) is 29.0 Å². The predicted molar refractivity (Wildman–Crippen MR) is 145 cm³/mol. The van der Waals surface area contributed by atoms with Gasteiger partial charge in [-0.25, -0.2) is 0 Å². The van der Waals surface area contributed by atoms with Crippen molar-refractivity contribution >= 4 is 50.9 Å². The van der Waals surface area contributed by atoms with Crippen LogP contribution >= 0.6 is 33.2 Å². The van der Waals surface area contributed by atoms with Crippen LogP contribution in [0.5, 0.6) is 0 Å². The standard InChI is InChI=1S/C25H38ClN3O4S2/c1-4-27-25(33)23(31)20(15-17-9-11-18(26)12-10-17)28-24(32)22(16(2)3)29-21(30)8-6-5-7-19-13-14-34-35-19/h9-12,16,19-20,22-23,31H,4-8,13-15H2,1-3H3,(H,27,33)(H,28,32)(H,29,30)/t19?,20-,22-,23?/m0/s1. The van der Waals surface area contributed by atoms with Gasteiger partial charge in [0.2, 0.25) is 11.8 Å². The number of likely N-dealkylation sites (N-methyl/N-ethyl adjacent to an activating group) is 1. The molecule has 1 aliphatic rings. The lowest BCUT2D eigenvalue weighted by molar-refractivity contribution is -0.134. The molecule has 1 heterocycles. The van der Waals surface area contributed by atoms with E-state index >= 15 is 0 Å². The van der Waals surface area contributed by atoms with E-state index in [4.69, 9.17) is 11.6 Å². The third kappa shape index (κ3) is 10.6. The van der Waals surface area contributed by atoms with Crippen LogP contribution in [0, 0.1) is 5.92 Å². The Labute approximate surface area is 221 Å². The van der Waals surface area contributed by atoms with E-state index in [0.29, 0.717) is 23.2 Å². The molecule has 0 spiro atoms. The highest BCUT2D eigenvalue weighted by Gasteiger charge is 2.31. The predicted octanol–water partition coefficient (Wildman–Crippen LogP) is 3.72. The Kier molecular flexibility index (Phi) is 13.3. The maximum atomic E-state index is 13.2. The Bertz CT molecular complexity index is 819. The molecule has 4 atom stereocenters. The molecule has 1 aromatic rings. The molecule has 1 fully saturated rings. The Morgan fingerprint density at radius 3 is 2.43 bits per heavy atom. The number of halogens is 1. The van der Waals surface area contributed by atoms with Gasteiger partial charge in [0.25, 0.3) is 5.91 Å². The van der Waals surface area contributed by atoms with Crippen LogP contribution in [0.25, 0.3) is 0 Å². The highest BCUT2D eigenvalue weighted by atomic mass is 35.5. The van der Waals surface area contributed by atoms with E-state index < -0.39 is 30.0 Å². The van der Waals surface area contributed by atoms with Crippen molar-refractivity contribution in [2.24, 2.45) is 5.92 Å². The maximum absolute atomic E-state index is 13.2. The second-order valence-corrected chi connectivity index (χ2v) is 12.4. The van der Waals surface area contributed by atoms with Crippen LogP contribution in [0.4, 0.5) is 0 Å². The Morgan fingerprint density at radius 2 is 1.83 bits per heavy atom. The molecule has 196 valence electrons. The van der Waals surface area contributed by atoms with E-state index in [0.717, 1.165) is 24.8 Å². The van der Waals surface area contributed by atoms with Gasteiger partial charge in [0.1, 0.15) is 6.04 Å². The van der Waals surface area contributed by atoms with Crippen LogP contribution in [-0.4, -0.2) is 58.6 Å². The maximum Gasteiger partial charge on any atom is 0.250 e. The zero-order chi connectivity index (χ0) is 25.8. The highest BCUT2D eigenvalue weighted by molar-refractivity contribution is 8.77. The van der Waals surface area contributed by atoms with Gasteiger partial charge in [0.15, 0.2) is 6.10 Å². The van der Waals surface area contributed by atoms with E-state index in [-0.39, 0.29) is 18.2 Å². The Hall–Kier alpha value is -1.42. The summed E-state index contributed by atoms with van der Waals surface area (Å²) in [5.74, 6) is -0.102. The van der Waals surface area contributed by atoms with E-state index in [9.17, 15) is 19.5 Å². The number of amides is 3. The number of rotatable bonds is 14. The van der Waals surface area contributed by atoms with Crippen molar-refractivity contribution in [2.75, 3.05) is 12.3 Å². The first-order valence-electron chi connectivity index (χ1n) is 12.3. The van der Waals surface area contributed by atoms with Crippen LogP contribution in [-0.2, 0) is 20.8 Å². The first-order valence-corrected chi connectivity index (χ1v) is 15.1. The number of hydrogen-bond acceptors (Lipinski definition) is 6. The lowest BCUT2D eigenvalue weighted by Gasteiger charge is -2.28. The highest BCUT2D eigenvalue weighted by Crippen LogP contribution is 2.39. The second-order valence-electron chi connectivity index (χ2n) is 9.15. The van der Waals surface area contributed by atoms with Crippen molar-refractivity contribution in [3.05, 3.63) is 34.9 Å². The van der Waals surface area contributed by atoms with Crippen molar-refractivity contribution in [1.82, 2.24) is 16.0 Å². The summed E-state index contributed by atoms with van der Waals surface area (Å²) in [7, 11) is 3.86. The van der Waals surface area contributed by atoms with Crippen molar-refractivity contribution in [2.45, 2.75) is 82.7 Å². The largest absolute Gasteiger partial charge is 0.381 e. The third-order valence-corrected chi connectivity index (χ3v) is 9.13. The molecule has 0 saturated carbocycles. The molecule has 0 aliphatic carbocycles. The van der Waals surface area contributed by atoms with Crippen LogP contribution in [0.2, 0.25) is 5.02 Å². The van der Waals surface area contributed by atoms with Crippen molar-refractivity contribution < 1.29 is 19.5 Å². The average molecular weight is 544 g/mol. The van der Waals surface area contributed by atoms with Gasteiger partial charge in [-0.2, -0.15) is 0 Å². The zero-order valence-corrected chi connectivity index (χ0v) is 23.1. The minimum Gasteiger partial charge on any atom is -0.381 e. The van der Waals surface area contributed by atoms with Gasteiger partial charge in [-0.1, -0.05) is 65.6 Å². The van der Waals surface area contributed by atoms with Crippen molar-refractivity contribution in [1.29, 1.82) is 0 Å². The number of aliphatic hydroxyl groups excluding tert-OH is 1. The molecule has 2 unspecified atom stereocenters. The molecular formula is C25H38ClN3O4S2. The number of hydrogen-bond donors (Lipinski definition) is 4. The molecule has 1 saturated heterocycles. The summed E-state index contributed by atoms with van der Waals surface area (Å²) in [5.41, 5.74) is 0.812. The van der Waals surface area contributed by atoms with Gasteiger partial charge in [-0.15, -0.1) is 0 Å². The smallest absolute Gasteiger partial charge is 0.250 e. The summed E-state index contributed by atoms with van der Waals surface area (Å²) >= 11 is 5.96. The van der Waals surface area contributed by atoms with Crippen LogP contribution in [0.15, 0.2) is 24.3 Å². The second kappa shape index (κ2) is 15.6. The summed E-state index contributed by atoms with van der Waals surface area (Å²) in [4.78, 5) is 38.1. The molecule has 0 aromatic heterocycles. The Balaban J connectivity index is 1.97. The van der Waals surface area contributed by atoms with Crippen LogP contribution < -0.4 is 16.0 Å². The molecule has 0 bridgehead atoms. The van der Waals surface area contributed by atoms with Gasteiger partial charge in [0.05, 0.1) is 6.04 Å². The molecular weight excluding hydrogens is 506 g/mol. The number of carbonyl (C=O) groups is 3. The minimum absolute atomic E-state index is 0.161. The van der Waals surface area contributed by atoms with E-state index in [1.54, 1.807) is 31.2 Å². The minimum atomic E-state index is -1.44. The van der Waals surface area contributed by atoms with Gasteiger partial charge < -0.3 is 21.1 Å². The fraction of sp³-hybridized carbons (Fsp3) is 0.640. The molecule has 4 N–H and O–H groups in total. The van der Waals surface area contributed by atoms with Crippen molar-refractivity contribution in [3.63, 3.8) is 0 Å². The molecule has 1 aliphatic heterocycles. The molecule has 3 amide bonds. The number of carbonyl (C=O) groups excluding carboxylic acids is 3. The normalized spacial score (nSPS) is 18.1. The van der Waals surface area contributed by atoms with Gasteiger partial charge >= 0.3 is 0 Å². The molecule has 0 radical (unpaired) electrons. The first-order chi connectivity index (χ1) is 16.7. The molecule has 1 aromatic carbocycles. The molecule has 7 nitrogen and oxygen atoms in total. The van der Waals surface area contributed by atoms with Crippen LogP contribution in [0.3, 0.4) is 0 Å². The van der Waals surface area contributed by atoms with Crippen molar-refractivity contribution in [3.8, 4) is 0 Å². The van der Waals surface area contributed by atoms with E-state index in [1.807, 2.05) is 35.4 Å². The molecule has 2 rings (SSSR count). The van der Waals surface area contributed by atoms with Crippen LogP contribution in [0.1, 0.15) is 58.4 Å². The zero-order valence-electron chi connectivity index (χ0n) is 20.7. The number of benzene rings is 1. The monoisotopic (exact) mass is 543 g/mol. The summed E-state index contributed by atoms with van der Waals surface area (Å²) in [6.45, 7) is 5.83. The number of nitrogens with one attached hydrogen (secondary N) is 3. The summed E-state index contributed by atoms with van der Waals surface area (Å²) in [6, 6.07) is 5.38. The molecule has 35 heavy (non-hydrogen) atoms. The fourth-order valence-electron chi connectivity index (χ4n) is 3.85. The number of unbranched alkanes of at least 4 members (excludes halogenated alkanes) is 1. The topological polar surface area (TPSA) is 108 Å². The number of aliphatic hydroxyl groups is 1. The summed E-state index contributed by atoms with van der Waals surface area (Å²) in [6.07, 6.45) is 3.29. The summed E-state index contributed by atoms with van der Waals surface area (Å²) in [5, 5.41) is 20.2. The quantitative estimate of drug-likeness (QED) is 0.210. The average Bonchev–Trinajstić information content (AvgIpc) is 3.34. The van der Waals surface area contributed by atoms with Gasteiger partial charge in [-0.3, -0.25) is 14.4 Å². The fourth-order valence-corrected chi connectivity index (χ4v) is 7.01. The lowest BCUT2D eigenvalue weighted by atomic mass is 9.98. The SMILES string of the molecule is CCNC(=O)C(O)[C@H](Cc1ccc(Cl)cc1)NC(=O)[C@@H](NC(=O)CCCCC1CCSS1)C(C)C. The first kappa shape index (κ1) is 29.8. The van der Waals surface area contributed by atoms with Gasteiger partial charge in [-0.05, 0) is 56.2 Å².